The standard InChI is InChI=1S/C14H9N5OS/c15-9-10-3-1-2-4-13(10)21-14-16-17-18-19(14)11-5-7-12(20)8-6-11/h1-8,20H. The molecule has 102 valence electrons. The molecule has 0 unspecified atom stereocenters. The Labute approximate surface area is 124 Å². The van der Waals surface area contributed by atoms with Gasteiger partial charge in [-0.2, -0.15) is 9.94 Å². The van der Waals surface area contributed by atoms with Crippen LogP contribution in [0.25, 0.3) is 5.69 Å². The summed E-state index contributed by atoms with van der Waals surface area (Å²) in [4.78, 5) is 0.787. The minimum atomic E-state index is 0.177. The van der Waals surface area contributed by atoms with Crippen molar-refractivity contribution in [2.75, 3.05) is 0 Å². The van der Waals surface area contributed by atoms with Gasteiger partial charge in [0.1, 0.15) is 11.8 Å². The Bertz CT molecular complexity index is 807. The van der Waals surface area contributed by atoms with Crippen molar-refractivity contribution in [2.45, 2.75) is 10.1 Å². The third-order valence-electron chi connectivity index (χ3n) is 2.74. The second kappa shape index (κ2) is 5.64. The van der Waals surface area contributed by atoms with Gasteiger partial charge in [0.15, 0.2) is 0 Å². The summed E-state index contributed by atoms with van der Waals surface area (Å²) in [6.45, 7) is 0. The largest absolute Gasteiger partial charge is 0.508 e. The van der Waals surface area contributed by atoms with Crippen LogP contribution >= 0.6 is 11.8 Å². The molecule has 0 saturated carbocycles. The zero-order valence-corrected chi connectivity index (χ0v) is 11.5. The van der Waals surface area contributed by atoms with Crippen molar-refractivity contribution < 1.29 is 5.11 Å². The van der Waals surface area contributed by atoms with Gasteiger partial charge in [0.05, 0.1) is 11.3 Å². The Morgan fingerprint density at radius 1 is 1.10 bits per heavy atom. The van der Waals surface area contributed by atoms with Crippen molar-refractivity contribution in [3.8, 4) is 17.5 Å². The maximum absolute atomic E-state index is 9.32. The van der Waals surface area contributed by atoms with Crippen molar-refractivity contribution in [1.82, 2.24) is 20.2 Å². The first-order valence-corrected chi connectivity index (χ1v) is 6.84. The van der Waals surface area contributed by atoms with Crippen LogP contribution in [0.5, 0.6) is 5.75 Å². The molecule has 0 radical (unpaired) electrons. The normalized spacial score (nSPS) is 10.2. The highest BCUT2D eigenvalue weighted by atomic mass is 32.2. The highest BCUT2D eigenvalue weighted by Gasteiger charge is 2.12. The first kappa shape index (κ1) is 13.1. The Morgan fingerprint density at radius 2 is 1.86 bits per heavy atom. The number of phenolic OH excluding ortho intramolecular Hbond substituents is 1. The van der Waals surface area contributed by atoms with Gasteiger partial charge in [0.25, 0.3) is 0 Å². The molecule has 2 aromatic carbocycles. The number of benzene rings is 2. The Hall–Kier alpha value is -2.85. The van der Waals surface area contributed by atoms with Gasteiger partial charge in [-0.15, -0.1) is 5.10 Å². The number of nitriles is 1. The van der Waals surface area contributed by atoms with Gasteiger partial charge in [-0.05, 0) is 58.6 Å². The van der Waals surface area contributed by atoms with E-state index in [1.165, 1.54) is 11.8 Å². The number of hydrogen-bond donors (Lipinski definition) is 1. The first-order valence-electron chi connectivity index (χ1n) is 6.02. The van der Waals surface area contributed by atoms with Crippen molar-refractivity contribution in [3.63, 3.8) is 0 Å². The van der Waals surface area contributed by atoms with Crippen LogP contribution in [0.15, 0.2) is 58.6 Å². The molecule has 0 spiro atoms. The quantitative estimate of drug-likeness (QED) is 0.798. The Balaban J connectivity index is 1.96. The zero-order chi connectivity index (χ0) is 14.7. The minimum absolute atomic E-state index is 0.177. The highest BCUT2D eigenvalue weighted by Crippen LogP contribution is 2.29. The predicted molar refractivity (Wildman–Crippen MR) is 76.1 cm³/mol. The maximum Gasteiger partial charge on any atom is 0.218 e. The van der Waals surface area contributed by atoms with Crippen LogP contribution in [0.1, 0.15) is 5.56 Å². The molecule has 1 N–H and O–H groups in total. The molecular formula is C14H9N5OS. The molecule has 0 bridgehead atoms. The molecule has 21 heavy (non-hydrogen) atoms. The van der Waals surface area contributed by atoms with E-state index >= 15 is 0 Å². The summed E-state index contributed by atoms with van der Waals surface area (Å²) in [6, 6.07) is 16.0. The summed E-state index contributed by atoms with van der Waals surface area (Å²) in [7, 11) is 0. The molecule has 0 aliphatic rings. The maximum atomic E-state index is 9.32. The number of hydrogen-bond acceptors (Lipinski definition) is 6. The number of nitrogens with zero attached hydrogens (tertiary/aromatic N) is 5. The SMILES string of the molecule is N#Cc1ccccc1Sc1nnnn1-c1ccc(O)cc1. The van der Waals surface area contributed by atoms with Crippen molar-refractivity contribution in [3.05, 3.63) is 54.1 Å². The third kappa shape index (κ3) is 2.70. The summed E-state index contributed by atoms with van der Waals surface area (Å²) in [5.41, 5.74) is 1.30. The number of phenols is 1. The molecule has 7 heteroatoms. The van der Waals surface area contributed by atoms with Crippen LogP contribution < -0.4 is 0 Å². The Morgan fingerprint density at radius 3 is 2.62 bits per heavy atom. The summed E-state index contributed by atoms with van der Waals surface area (Å²) in [5, 5.41) is 30.6. The highest BCUT2D eigenvalue weighted by molar-refractivity contribution is 7.99. The average molecular weight is 295 g/mol. The van der Waals surface area contributed by atoms with Crippen molar-refractivity contribution >= 4 is 11.8 Å². The van der Waals surface area contributed by atoms with Gasteiger partial charge in [0.2, 0.25) is 5.16 Å². The molecule has 0 fully saturated rings. The third-order valence-corrected chi connectivity index (χ3v) is 3.76. The van der Waals surface area contributed by atoms with E-state index in [1.807, 2.05) is 18.2 Å². The second-order valence-electron chi connectivity index (χ2n) is 4.10. The minimum Gasteiger partial charge on any atom is -0.508 e. The fourth-order valence-corrected chi connectivity index (χ4v) is 2.62. The predicted octanol–water partition coefficient (Wildman–Crippen LogP) is 2.39. The smallest absolute Gasteiger partial charge is 0.218 e. The first-order chi connectivity index (χ1) is 10.3. The number of rotatable bonds is 3. The molecule has 6 nitrogen and oxygen atoms in total. The molecule has 0 atom stereocenters. The van der Waals surface area contributed by atoms with Crippen molar-refractivity contribution in [1.29, 1.82) is 5.26 Å². The van der Waals surface area contributed by atoms with E-state index < -0.39 is 0 Å². The van der Waals surface area contributed by atoms with Crippen LogP contribution in [0, 0.1) is 11.3 Å². The number of aromatic hydroxyl groups is 1. The van der Waals surface area contributed by atoms with Crippen molar-refractivity contribution in [2.24, 2.45) is 0 Å². The lowest BCUT2D eigenvalue weighted by Gasteiger charge is -2.05. The lowest BCUT2D eigenvalue weighted by Crippen LogP contribution is -1.98. The van der Waals surface area contributed by atoms with E-state index in [9.17, 15) is 5.11 Å². The molecule has 1 heterocycles. The van der Waals surface area contributed by atoms with Crippen LogP contribution in [0.4, 0.5) is 0 Å². The Kier molecular flexibility index (Phi) is 3.53. The molecular weight excluding hydrogens is 286 g/mol. The zero-order valence-electron chi connectivity index (χ0n) is 10.7. The van der Waals surface area contributed by atoms with Crippen LogP contribution in [0.2, 0.25) is 0 Å². The summed E-state index contributed by atoms with van der Waals surface area (Å²) in [5.74, 6) is 0.177. The van der Waals surface area contributed by atoms with E-state index in [-0.39, 0.29) is 5.75 Å². The fourth-order valence-electron chi connectivity index (χ4n) is 1.74. The molecule has 0 aliphatic heterocycles. The average Bonchev–Trinajstić information content (AvgIpc) is 2.97. The van der Waals surface area contributed by atoms with Crippen LogP contribution in [0.3, 0.4) is 0 Å². The second-order valence-corrected chi connectivity index (χ2v) is 5.11. The molecule has 0 saturated heterocycles. The van der Waals surface area contributed by atoms with Gasteiger partial charge >= 0.3 is 0 Å². The molecule has 3 rings (SSSR count). The molecule has 1 aromatic heterocycles. The van der Waals surface area contributed by atoms with Gasteiger partial charge in [-0.3, -0.25) is 0 Å². The molecule has 0 aliphatic carbocycles. The van der Waals surface area contributed by atoms with Gasteiger partial charge in [-0.25, -0.2) is 0 Å². The van der Waals surface area contributed by atoms with Gasteiger partial charge in [0, 0.05) is 4.90 Å². The number of tetrazole rings is 1. The van der Waals surface area contributed by atoms with E-state index in [0.717, 1.165) is 10.6 Å². The number of aromatic nitrogens is 4. The molecule has 3 aromatic rings. The lowest BCUT2D eigenvalue weighted by atomic mass is 10.2. The summed E-state index contributed by atoms with van der Waals surface area (Å²) < 4.78 is 1.55. The van der Waals surface area contributed by atoms with Crippen LogP contribution in [-0.2, 0) is 0 Å². The lowest BCUT2D eigenvalue weighted by molar-refractivity contribution is 0.475. The molecule has 0 amide bonds. The van der Waals surface area contributed by atoms with Gasteiger partial charge in [-0.1, -0.05) is 12.1 Å². The van der Waals surface area contributed by atoms with E-state index in [4.69, 9.17) is 5.26 Å². The van der Waals surface area contributed by atoms with Gasteiger partial charge < -0.3 is 5.11 Å². The topological polar surface area (TPSA) is 87.6 Å². The summed E-state index contributed by atoms with van der Waals surface area (Å²) >= 11 is 1.31. The monoisotopic (exact) mass is 295 g/mol. The summed E-state index contributed by atoms with van der Waals surface area (Å²) in [6.07, 6.45) is 0. The fraction of sp³-hybridized carbons (Fsp3) is 0. The van der Waals surface area contributed by atoms with E-state index in [1.54, 1.807) is 35.0 Å². The van der Waals surface area contributed by atoms with E-state index in [0.29, 0.717) is 10.7 Å². The van der Waals surface area contributed by atoms with E-state index in [2.05, 4.69) is 21.6 Å². The van der Waals surface area contributed by atoms with Crippen LogP contribution in [-0.4, -0.2) is 25.3 Å².